The first-order chi connectivity index (χ1) is 12.8. The summed E-state index contributed by atoms with van der Waals surface area (Å²) in [6.07, 6.45) is 0. The first-order valence-corrected chi connectivity index (χ1v) is 7.58. The van der Waals surface area contributed by atoms with Crippen LogP contribution in [0.25, 0.3) is 0 Å². The first kappa shape index (κ1) is 19.5. The Hall–Kier alpha value is -3.82. The van der Waals surface area contributed by atoms with Gasteiger partial charge in [0, 0.05) is 6.07 Å². The molecule has 0 spiro atoms. The van der Waals surface area contributed by atoms with Crippen LogP contribution in [-0.2, 0) is 4.79 Å². The highest BCUT2D eigenvalue weighted by Crippen LogP contribution is 2.29. The summed E-state index contributed by atoms with van der Waals surface area (Å²) < 4.78 is 15.4. The Morgan fingerprint density at radius 1 is 1.11 bits per heavy atom. The molecule has 0 radical (unpaired) electrons. The molecule has 2 aromatic rings. The predicted molar refractivity (Wildman–Crippen MR) is 95.3 cm³/mol. The zero-order valence-electron chi connectivity index (χ0n) is 14.6. The summed E-state index contributed by atoms with van der Waals surface area (Å²) in [5.74, 6) is -0.639. The third-order valence-electron chi connectivity index (χ3n) is 3.48. The SMILES string of the molecule is COc1ccc(OCC(=O)Nc2ccc([N+](=O)[O-])cc2OC)c(C(N)=O)c1. The lowest BCUT2D eigenvalue weighted by molar-refractivity contribution is -0.384. The number of carbonyl (C=O) groups is 2. The van der Waals surface area contributed by atoms with Crippen LogP contribution in [-0.4, -0.2) is 37.6 Å². The van der Waals surface area contributed by atoms with E-state index in [1.807, 2.05) is 0 Å². The summed E-state index contributed by atoms with van der Waals surface area (Å²) in [6.45, 7) is -0.424. The number of non-ortho nitro benzene ring substituents is 1. The molecule has 10 heteroatoms. The molecule has 3 N–H and O–H groups in total. The summed E-state index contributed by atoms with van der Waals surface area (Å²) >= 11 is 0. The Labute approximate surface area is 154 Å². The lowest BCUT2D eigenvalue weighted by Gasteiger charge is -2.12. The van der Waals surface area contributed by atoms with E-state index in [2.05, 4.69) is 5.32 Å². The number of ether oxygens (including phenoxy) is 3. The van der Waals surface area contributed by atoms with E-state index < -0.39 is 23.3 Å². The van der Waals surface area contributed by atoms with Gasteiger partial charge in [0.25, 0.3) is 17.5 Å². The molecule has 2 aromatic carbocycles. The lowest BCUT2D eigenvalue weighted by atomic mass is 10.2. The number of amides is 2. The normalized spacial score (nSPS) is 10.0. The summed E-state index contributed by atoms with van der Waals surface area (Å²) in [5.41, 5.74) is 5.42. The average Bonchev–Trinajstić information content (AvgIpc) is 2.66. The van der Waals surface area contributed by atoms with Crippen LogP contribution >= 0.6 is 0 Å². The fraction of sp³-hybridized carbons (Fsp3) is 0.176. The number of nitrogens with two attached hydrogens (primary N) is 1. The molecule has 0 unspecified atom stereocenters. The molecule has 142 valence electrons. The van der Waals surface area contributed by atoms with Gasteiger partial charge in [0.15, 0.2) is 6.61 Å². The van der Waals surface area contributed by atoms with E-state index in [9.17, 15) is 19.7 Å². The summed E-state index contributed by atoms with van der Waals surface area (Å²) in [7, 11) is 2.76. The van der Waals surface area contributed by atoms with Gasteiger partial charge >= 0.3 is 0 Å². The first-order valence-electron chi connectivity index (χ1n) is 7.58. The number of methoxy groups -OCH3 is 2. The van der Waals surface area contributed by atoms with Gasteiger partial charge in [-0.1, -0.05) is 0 Å². The number of anilines is 1. The molecule has 2 amide bonds. The molecule has 0 bridgehead atoms. The number of hydrogen-bond acceptors (Lipinski definition) is 7. The molecular weight excluding hydrogens is 358 g/mol. The predicted octanol–water partition coefficient (Wildman–Crippen LogP) is 1.73. The molecule has 0 heterocycles. The van der Waals surface area contributed by atoms with Crippen molar-refractivity contribution in [2.24, 2.45) is 5.73 Å². The van der Waals surface area contributed by atoms with Gasteiger partial charge in [-0.3, -0.25) is 19.7 Å². The van der Waals surface area contributed by atoms with Gasteiger partial charge in [0.2, 0.25) is 0 Å². The third-order valence-corrected chi connectivity index (χ3v) is 3.48. The van der Waals surface area contributed by atoms with Crippen molar-refractivity contribution in [2.75, 3.05) is 26.1 Å². The molecular formula is C17H17N3O7. The third kappa shape index (κ3) is 4.84. The van der Waals surface area contributed by atoms with Crippen molar-refractivity contribution in [3.8, 4) is 17.2 Å². The maximum Gasteiger partial charge on any atom is 0.273 e. The molecule has 0 saturated heterocycles. The highest BCUT2D eigenvalue weighted by molar-refractivity contribution is 5.97. The number of hydrogen-bond donors (Lipinski definition) is 2. The van der Waals surface area contributed by atoms with Crippen LogP contribution in [0, 0.1) is 10.1 Å². The molecule has 27 heavy (non-hydrogen) atoms. The molecule has 2 rings (SSSR count). The number of nitro benzene ring substituents is 1. The maximum absolute atomic E-state index is 12.1. The molecule has 0 fully saturated rings. The standard InChI is InChI=1S/C17H17N3O7/c1-25-11-4-6-14(12(8-11)17(18)22)27-9-16(21)19-13-5-3-10(20(23)24)7-15(13)26-2/h3-8H,9H2,1-2H3,(H2,18,22)(H,19,21). The van der Waals surface area contributed by atoms with Gasteiger partial charge in [-0.2, -0.15) is 0 Å². The van der Waals surface area contributed by atoms with E-state index in [4.69, 9.17) is 19.9 Å². The monoisotopic (exact) mass is 375 g/mol. The lowest BCUT2D eigenvalue weighted by Crippen LogP contribution is -2.22. The fourth-order valence-electron chi connectivity index (χ4n) is 2.18. The van der Waals surface area contributed by atoms with E-state index in [-0.39, 0.29) is 28.4 Å². The van der Waals surface area contributed by atoms with Crippen LogP contribution in [0.3, 0.4) is 0 Å². The second kappa shape index (κ2) is 8.52. The number of nitrogens with one attached hydrogen (secondary N) is 1. The van der Waals surface area contributed by atoms with Crippen LogP contribution in [0.15, 0.2) is 36.4 Å². The molecule has 0 aliphatic heterocycles. The Balaban J connectivity index is 2.09. The van der Waals surface area contributed by atoms with Gasteiger partial charge in [-0.25, -0.2) is 0 Å². The van der Waals surface area contributed by atoms with Crippen LogP contribution in [0.2, 0.25) is 0 Å². The molecule has 0 saturated carbocycles. The zero-order valence-corrected chi connectivity index (χ0v) is 14.6. The van der Waals surface area contributed by atoms with Crippen molar-refractivity contribution in [2.45, 2.75) is 0 Å². The van der Waals surface area contributed by atoms with Crippen molar-refractivity contribution in [1.82, 2.24) is 0 Å². The Kier molecular flexibility index (Phi) is 6.15. The van der Waals surface area contributed by atoms with E-state index >= 15 is 0 Å². The van der Waals surface area contributed by atoms with Gasteiger partial charge in [-0.15, -0.1) is 0 Å². The highest BCUT2D eigenvalue weighted by Gasteiger charge is 2.15. The van der Waals surface area contributed by atoms with Crippen molar-refractivity contribution in [3.05, 3.63) is 52.1 Å². The van der Waals surface area contributed by atoms with Crippen molar-refractivity contribution < 1.29 is 28.7 Å². The number of carbonyl (C=O) groups excluding carboxylic acids is 2. The quantitative estimate of drug-likeness (QED) is 0.528. The van der Waals surface area contributed by atoms with Gasteiger partial charge in [-0.05, 0) is 24.3 Å². The minimum atomic E-state index is -0.735. The van der Waals surface area contributed by atoms with Crippen molar-refractivity contribution >= 4 is 23.2 Å². The average molecular weight is 375 g/mol. The number of rotatable bonds is 8. The second-order valence-corrected chi connectivity index (χ2v) is 5.20. The molecule has 0 aliphatic carbocycles. The second-order valence-electron chi connectivity index (χ2n) is 5.20. The largest absolute Gasteiger partial charge is 0.497 e. The smallest absolute Gasteiger partial charge is 0.273 e. The Morgan fingerprint density at radius 3 is 2.44 bits per heavy atom. The van der Waals surface area contributed by atoms with Gasteiger partial charge < -0.3 is 25.3 Å². The summed E-state index contributed by atoms with van der Waals surface area (Å²) in [5, 5.41) is 13.3. The maximum atomic E-state index is 12.1. The van der Waals surface area contributed by atoms with E-state index in [0.717, 1.165) is 0 Å². The van der Waals surface area contributed by atoms with E-state index in [1.54, 1.807) is 6.07 Å². The highest BCUT2D eigenvalue weighted by atomic mass is 16.6. The van der Waals surface area contributed by atoms with Crippen LogP contribution in [0.5, 0.6) is 17.2 Å². The zero-order chi connectivity index (χ0) is 20.0. The van der Waals surface area contributed by atoms with Crippen LogP contribution < -0.4 is 25.3 Å². The van der Waals surface area contributed by atoms with E-state index in [1.165, 1.54) is 44.6 Å². The number of nitrogens with zero attached hydrogens (tertiary/aromatic N) is 1. The van der Waals surface area contributed by atoms with Crippen LogP contribution in [0.4, 0.5) is 11.4 Å². The summed E-state index contributed by atoms with van der Waals surface area (Å²) in [4.78, 5) is 33.8. The Bertz CT molecular complexity index is 883. The number of benzene rings is 2. The minimum Gasteiger partial charge on any atom is -0.497 e. The molecule has 0 aromatic heterocycles. The van der Waals surface area contributed by atoms with Crippen molar-refractivity contribution in [3.63, 3.8) is 0 Å². The Morgan fingerprint density at radius 2 is 1.85 bits per heavy atom. The molecule has 10 nitrogen and oxygen atoms in total. The molecule has 0 aliphatic rings. The van der Waals surface area contributed by atoms with E-state index in [0.29, 0.717) is 5.75 Å². The van der Waals surface area contributed by atoms with Gasteiger partial charge in [0.1, 0.15) is 17.2 Å². The minimum absolute atomic E-state index is 0.0649. The number of nitro groups is 1. The number of primary amides is 1. The molecule has 0 atom stereocenters. The van der Waals surface area contributed by atoms with Crippen LogP contribution in [0.1, 0.15) is 10.4 Å². The topological polar surface area (TPSA) is 143 Å². The van der Waals surface area contributed by atoms with Crippen molar-refractivity contribution in [1.29, 1.82) is 0 Å². The fourth-order valence-corrected chi connectivity index (χ4v) is 2.18. The summed E-state index contributed by atoms with van der Waals surface area (Å²) in [6, 6.07) is 8.17. The van der Waals surface area contributed by atoms with Gasteiger partial charge in [0.05, 0.1) is 36.5 Å².